The molecule has 4 nitrogen and oxygen atoms in total. The van der Waals surface area contributed by atoms with Gasteiger partial charge < -0.3 is 9.84 Å². The summed E-state index contributed by atoms with van der Waals surface area (Å²) in [6.07, 6.45) is 0.263. The van der Waals surface area contributed by atoms with Gasteiger partial charge in [-0.05, 0) is 36.6 Å². The minimum Gasteiger partial charge on any atom is -0.496 e. The minimum atomic E-state index is -0.874. The largest absolute Gasteiger partial charge is 0.496 e. The van der Waals surface area contributed by atoms with E-state index in [1.54, 1.807) is 32.2 Å². The van der Waals surface area contributed by atoms with E-state index in [1.165, 1.54) is 0 Å². The SMILES string of the molecule is COc1ccc(C(=O)CC(C)CC(=O)O)cc1C. The molecule has 4 heteroatoms. The molecule has 0 saturated heterocycles. The molecule has 1 aromatic carbocycles. The monoisotopic (exact) mass is 250 g/mol. The van der Waals surface area contributed by atoms with E-state index >= 15 is 0 Å². The summed E-state index contributed by atoms with van der Waals surface area (Å²) in [7, 11) is 1.58. The smallest absolute Gasteiger partial charge is 0.303 e. The zero-order valence-corrected chi connectivity index (χ0v) is 10.9. The van der Waals surface area contributed by atoms with E-state index in [0.717, 1.165) is 11.3 Å². The Morgan fingerprint density at radius 2 is 2.00 bits per heavy atom. The number of ether oxygens (including phenoxy) is 1. The van der Waals surface area contributed by atoms with Crippen molar-refractivity contribution in [2.45, 2.75) is 26.7 Å². The number of hydrogen-bond donors (Lipinski definition) is 1. The number of carboxylic acid groups (broad SMARTS) is 1. The lowest BCUT2D eigenvalue weighted by Gasteiger charge is -2.09. The zero-order chi connectivity index (χ0) is 13.7. The Kier molecular flexibility index (Phi) is 4.89. The number of rotatable bonds is 6. The third kappa shape index (κ3) is 3.87. The van der Waals surface area contributed by atoms with Gasteiger partial charge in [-0.15, -0.1) is 0 Å². The maximum Gasteiger partial charge on any atom is 0.303 e. The van der Waals surface area contributed by atoms with Gasteiger partial charge >= 0.3 is 5.97 Å². The van der Waals surface area contributed by atoms with E-state index in [1.807, 2.05) is 6.92 Å². The lowest BCUT2D eigenvalue weighted by molar-refractivity contribution is -0.137. The molecule has 0 radical (unpaired) electrons. The van der Waals surface area contributed by atoms with Gasteiger partial charge in [0.15, 0.2) is 5.78 Å². The predicted molar refractivity (Wildman–Crippen MR) is 68.1 cm³/mol. The van der Waals surface area contributed by atoms with Gasteiger partial charge in [-0.1, -0.05) is 6.92 Å². The number of carboxylic acids is 1. The second-order valence-corrected chi connectivity index (χ2v) is 4.51. The van der Waals surface area contributed by atoms with Crippen molar-refractivity contribution >= 4 is 11.8 Å². The normalized spacial score (nSPS) is 11.9. The van der Waals surface area contributed by atoms with Crippen molar-refractivity contribution in [1.29, 1.82) is 0 Å². The molecule has 1 N–H and O–H groups in total. The number of Topliss-reactive ketones (excluding diaryl/α,β-unsaturated/α-hetero) is 1. The van der Waals surface area contributed by atoms with E-state index in [2.05, 4.69) is 0 Å². The van der Waals surface area contributed by atoms with Crippen molar-refractivity contribution in [3.63, 3.8) is 0 Å². The van der Waals surface area contributed by atoms with E-state index in [-0.39, 0.29) is 24.5 Å². The van der Waals surface area contributed by atoms with Crippen molar-refractivity contribution < 1.29 is 19.4 Å². The van der Waals surface area contributed by atoms with Crippen LogP contribution in [0.1, 0.15) is 35.7 Å². The lowest BCUT2D eigenvalue weighted by Crippen LogP contribution is -2.10. The van der Waals surface area contributed by atoms with Gasteiger partial charge in [-0.25, -0.2) is 0 Å². The first-order chi connectivity index (χ1) is 8.43. The number of aryl methyl sites for hydroxylation is 1. The van der Waals surface area contributed by atoms with E-state index in [0.29, 0.717) is 5.56 Å². The summed E-state index contributed by atoms with van der Waals surface area (Å²) >= 11 is 0. The Morgan fingerprint density at radius 3 is 2.50 bits per heavy atom. The minimum absolute atomic E-state index is 0.0148. The van der Waals surface area contributed by atoms with Crippen molar-refractivity contribution in [1.82, 2.24) is 0 Å². The van der Waals surface area contributed by atoms with Crippen molar-refractivity contribution in [2.24, 2.45) is 5.92 Å². The zero-order valence-electron chi connectivity index (χ0n) is 10.9. The fraction of sp³-hybridized carbons (Fsp3) is 0.429. The van der Waals surface area contributed by atoms with Crippen LogP contribution in [-0.4, -0.2) is 24.0 Å². The number of methoxy groups -OCH3 is 1. The van der Waals surface area contributed by atoms with E-state index in [9.17, 15) is 9.59 Å². The van der Waals surface area contributed by atoms with Gasteiger partial charge in [0.1, 0.15) is 5.75 Å². The number of ketones is 1. The molecule has 1 aromatic rings. The topological polar surface area (TPSA) is 63.6 Å². The molecule has 0 bridgehead atoms. The van der Waals surface area contributed by atoms with Crippen LogP contribution < -0.4 is 4.74 Å². The highest BCUT2D eigenvalue weighted by Crippen LogP contribution is 2.20. The summed E-state index contributed by atoms with van der Waals surface area (Å²) in [4.78, 5) is 22.5. The highest BCUT2D eigenvalue weighted by Gasteiger charge is 2.14. The van der Waals surface area contributed by atoms with Crippen LogP contribution in [0.3, 0.4) is 0 Å². The van der Waals surface area contributed by atoms with Crippen LogP contribution in [0.2, 0.25) is 0 Å². The average Bonchev–Trinajstić information content (AvgIpc) is 2.27. The Balaban J connectivity index is 2.72. The second-order valence-electron chi connectivity index (χ2n) is 4.51. The molecule has 0 aromatic heterocycles. The molecule has 1 unspecified atom stereocenters. The quantitative estimate of drug-likeness (QED) is 0.788. The van der Waals surface area contributed by atoms with Gasteiger partial charge in [-0.3, -0.25) is 9.59 Å². The number of aliphatic carboxylic acids is 1. The molecule has 0 amide bonds. The first kappa shape index (κ1) is 14.2. The Bertz CT molecular complexity index is 451. The fourth-order valence-corrected chi connectivity index (χ4v) is 1.86. The molecule has 0 saturated carbocycles. The van der Waals surface area contributed by atoms with Crippen LogP contribution in [0.15, 0.2) is 18.2 Å². The van der Waals surface area contributed by atoms with Crippen molar-refractivity contribution in [2.75, 3.05) is 7.11 Å². The Morgan fingerprint density at radius 1 is 1.33 bits per heavy atom. The molecule has 0 aliphatic heterocycles. The molecule has 1 atom stereocenters. The maximum absolute atomic E-state index is 12.0. The van der Waals surface area contributed by atoms with Crippen LogP contribution in [0.4, 0.5) is 0 Å². The summed E-state index contributed by atoms with van der Waals surface area (Å²) in [6.45, 7) is 3.64. The summed E-state index contributed by atoms with van der Waals surface area (Å²) in [5.41, 5.74) is 1.50. The number of carbonyl (C=O) groups is 2. The average molecular weight is 250 g/mol. The van der Waals surface area contributed by atoms with Crippen LogP contribution in [0.25, 0.3) is 0 Å². The number of carbonyl (C=O) groups excluding carboxylic acids is 1. The van der Waals surface area contributed by atoms with Gasteiger partial charge in [0.05, 0.1) is 7.11 Å². The van der Waals surface area contributed by atoms with Crippen molar-refractivity contribution in [3.05, 3.63) is 29.3 Å². The summed E-state index contributed by atoms with van der Waals surface area (Å²) < 4.78 is 5.12. The lowest BCUT2D eigenvalue weighted by atomic mass is 9.96. The van der Waals surface area contributed by atoms with Crippen molar-refractivity contribution in [3.8, 4) is 5.75 Å². The third-order valence-corrected chi connectivity index (χ3v) is 2.77. The van der Waals surface area contributed by atoms with Crippen LogP contribution in [-0.2, 0) is 4.79 Å². The van der Waals surface area contributed by atoms with Gasteiger partial charge in [0.2, 0.25) is 0 Å². The molecule has 0 fully saturated rings. The van der Waals surface area contributed by atoms with Gasteiger partial charge in [0.25, 0.3) is 0 Å². The summed E-state index contributed by atoms with van der Waals surface area (Å²) in [6, 6.07) is 5.24. The Hall–Kier alpha value is -1.84. The van der Waals surface area contributed by atoms with Crippen LogP contribution in [0, 0.1) is 12.8 Å². The van der Waals surface area contributed by atoms with E-state index in [4.69, 9.17) is 9.84 Å². The first-order valence-corrected chi connectivity index (χ1v) is 5.83. The standard InChI is InChI=1S/C14H18O4/c1-9(7-14(16)17)6-12(15)11-4-5-13(18-3)10(2)8-11/h4-5,8-9H,6-7H2,1-3H3,(H,16,17). The van der Waals surface area contributed by atoms with E-state index < -0.39 is 5.97 Å². The van der Waals surface area contributed by atoms with Crippen LogP contribution in [0.5, 0.6) is 5.75 Å². The molecular formula is C14H18O4. The number of benzene rings is 1. The maximum atomic E-state index is 12.0. The summed E-state index contributed by atoms with van der Waals surface area (Å²) in [5, 5.41) is 8.65. The molecule has 1 rings (SSSR count). The predicted octanol–water partition coefficient (Wildman–Crippen LogP) is 2.69. The van der Waals surface area contributed by atoms with Gasteiger partial charge in [-0.2, -0.15) is 0 Å². The van der Waals surface area contributed by atoms with Crippen LogP contribution >= 0.6 is 0 Å². The first-order valence-electron chi connectivity index (χ1n) is 5.83. The molecule has 18 heavy (non-hydrogen) atoms. The molecule has 98 valence electrons. The molecule has 0 heterocycles. The molecular weight excluding hydrogens is 232 g/mol. The number of hydrogen-bond acceptors (Lipinski definition) is 3. The molecule has 0 aliphatic carbocycles. The highest BCUT2D eigenvalue weighted by molar-refractivity contribution is 5.96. The summed E-state index contributed by atoms with van der Waals surface area (Å²) in [5.74, 6) is -0.321. The third-order valence-electron chi connectivity index (χ3n) is 2.77. The molecule has 0 aliphatic rings. The fourth-order valence-electron chi connectivity index (χ4n) is 1.86. The molecule has 0 spiro atoms. The second kappa shape index (κ2) is 6.19. The highest BCUT2D eigenvalue weighted by atomic mass is 16.5. The Labute approximate surface area is 107 Å². The van der Waals surface area contributed by atoms with Gasteiger partial charge in [0, 0.05) is 18.4 Å².